The Labute approximate surface area is 211 Å². The third kappa shape index (κ3) is 5.76. The number of benzene rings is 2. The first-order chi connectivity index (χ1) is 17.5. The van der Waals surface area contributed by atoms with E-state index < -0.39 is 0 Å². The molecule has 0 atom stereocenters. The number of unbranched alkanes of at least 4 members (excludes halogenated alkanes) is 1. The molecule has 2 aromatic carbocycles. The Morgan fingerprint density at radius 1 is 0.889 bits per heavy atom. The molecule has 2 heterocycles. The first-order valence-corrected chi connectivity index (χ1v) is 12.1. The zero-order valence-electron chi connectivity index (χ0n) is 21.3. The van der Waals surface area contributed by atoms with Gasteiger partial charge >= 0.3 is 0 Å². The van der Waals surface area contributed by atoms with Crippen molar-refractivity contribution >= 4 is 22.7 Å². The smallest absolute Gasteiger partial charge is 0.263 e. The van der Waals surface area contributed by atoms with Crippen LogP contribution in [-0.2, 0) is 20.1 Å². The summed E-state index contributed by atoms with van der Waals surface area (Å²) in [5, 5.41) is 3.89. The predicted molar refractivity (Wildman–Crippen MR) is 144 cm³/mol. The predicted octanol–water partition coefficient (Wildman–Crippen LogP) is 4.76. The molecule has 0 fully saturated rings. The van der Waals surface area contributed by atoms with E-state index in [2.05, 4.69) is 17.1 Å². The minimum atomic E-state index is -0.116. The standard InChI is InChI=1S/C28H33N5O3/c1-5-6-16-29-26-25-24(15-17-32(2)27(25)34)30-28(31-26)33(18-20-7-11-22(35-3)12-8-20)19-21-9-13-23(36-4)14-10-21/h7-15,17H,5-6,16,18-19H2,1-4H3,(H,29,30,31). The fourth-order valence-electron chi connectivity index (χ4n) is 3.98. The van der Waals surface area contributed by atoms with E-state index in [-0.39, 0.29) is 5.56 Å². The largest absolute Gasteiger partial charge is 0.497 e. The molecule has 2 aromatic heterocycles. The molecule has 0 unspecified atom stereocenters. The fraction of sp³-hybridized carbons (Fsp3) is 0.321. The maximum absolute atomic E-state index is 13.0. The number of hydrogen-bond acceptors (Lipinski definition) is 7. The lowest BCUT2D eigenvalue weighted by Crippen LogP contribution is -2.26. The van der Waals surface area contributed by atoms with Crippen molar-refractivity contribution in [3.8, 4) is 11.5 Å². The van der Waals surface area contributed by atoms with Crippen LogP contribution in [0.1, 0.15) is 30.9 Å². The molecule has 0 radical (unpaired) electrons. The van der Waals surface area contributed by atoms with Crippen molar-refractivity contribution in [1.82, 2.24) is 14.5 Å². The van der Waals surface area contributed by atoms with Crippen LogP contribution in [0.15, 0.2) is 65.6 Å². The van der Waals surface area contributed by atoms with Crippen molar-refractivity contribution in [3.05, 3.63) is 82.3 Å². The van der Waals surface area contributed by atoms with Crippen LogP contribution in [0.4, 0.5) is 11.8 Å². The van der Waals surface area contributed by atoms with Crippen molar-refractivity contribution < 1.29 is 9.47 Å². The summed E-state index contributed by atoms with van der Waals surface area (Å²) in [7, 11) is 5.06. The third-order valence-corrected chi connectivity index (χ3v) is 6.09. The Bertz CT molecular complexity index is 1300. The van der Waals surface area contributed by atoms with E-state index in [1.54, 1.807) is 32.0 Å². The molecular weight excluding hydrogens is 454 g/mol. The molecule has 0 aliphatic rings. The van der Waals surface area contributed by atoms with Gasteiger partial charge in [0.2, 0.25) is 5.95 Å². The SMILES string of the molecule is CCCCNc1nc(N(Cc2ccc(OC)cc2)Cc2ccc(OC)cc2)nc2ccn(C)c(=O)c12. The van der Waals surface area contributed by atoms with Crippen molar-refractivity contribution in [2.75, 3.05) is 31.0 Å². The van der Waals surface area contributed by atoms with E-state index in [1.807, 2.05) is 54.6 Å². The normalized spacial score (nSPS) is 10.9. The molecule has 0 aliphatic heterocycles. The second-order valence-corrected chi connectivity index (χ2v) is 8.70. The Hall–Kier alpha value is -4.07. The van der Waals surface area contributed by atoms with Crippen LogP contribution in [-0.4, -0.2) is 35.3 Å². The molecule has 188 valence electrons. The van der Waals surface area contributed by atoms with E-state index in [4.69, 9.17) is 19.4 Å². The quantitative estimate of drug-likeness (QED) is 0.305. The summed E-state index contributed by atoms with van der Waals surface area (Å²) >= 11 is 0. The van der Waals surface area contributed by atoms with Gasteiger partial charge in [0, 0.05) is 32.9 Å². The van der Waals surface area contributed by atoms with Crippen LogP contribution < -0.4 is 25.2 Å². The number of hydrogen-bond donors (Lipinski definition) is 1. The zero-order chi connectivity index (χ0) is 25.5. The second-order valence-electron chi connectivity index (χ2n) is 8.70. The molecule has 8 heteroatoms. The second kappa shape index (κ2) is 11.6. The average Bonchev–Trinajstić information content (AvgIpc) is 2.91. The van der Waals surface area contributed by atoms with Crippen molar-refractivity contribution in [1.29, 1.82) is 0 Å². The van der Waals surface area contributed by atoms with Gasteiger partial charge in [0.05, 0.1) is 19.7 Å². The molecule has 36 heavy (non-hydrogen) atoms. The lowest BCUT2D eigenvalue weighted by Gasteiger charge is -2.24. The first kappa shape index (κ1) is 25.0. The number of ether oxygens (including phenoxy) is 2. The van der Waals surface area contributed by atoms with Gasteiger partial charge in [-0.15, -0.1) is 0 Å². The number of nitrogens with zero attached hydrogens (tertiary/aromatic N) is 4. The van der Waals surface area contributed by atoms with Crippen LogP contribution in [0.25, 0.3) is 10.9 Å². The van der Waals surface area contributed by atoms with Gasteiger partial charge in [0.25, 0.3) is 5.56 Å². The van der Waals surface area contributed by atoms with E-state index in [9.17, 15) is 4.79 Å². The highest BCUT2D eigenvalue weighted by Crippen LogP contribution is 2.25. The van der Waals surface area contributed by atoms with E-state index >= 15 is 0 Å². The molecule has 0 bridgehead atoms. The highest BCUT2D eigenvalue weighted by atomic mass is 16.5. The van der Waals surface area contributed by atoms with Crippen molar-refractivity contribution in [3.63, 3.8) is 0 Å². The summed E-state index contributed by atoms with van der Waals surface area (Å²) in [5.41, 5.74) is 2.70. The molecule has 0 aliphatic carbocycles. The van der Waals surface area contributed by atoms with Gasteiger partial charge < -0.3 is 24.3 Å². The summed E-state index contributed by atoms with van der Waals surface area (Å²) in [6.45, 7) is 4.04. The highest BCUT2D eigenvalue weighted by molar-refractivity contribution is 5.89. The molecule has 0 saturated carbocycles. The molecule has 0 amide bonds. The number of aryl methyl sites for hydroxylation is 1. The van der Waals surface area contributed by atoms with Gasteiger partial charge in [-0.1, -0.05) is 37.6 Å². The van der Waals surface area contributed by atoms with E-state index in [1.165, 1.54) is 0 Å². The lowest BCUT2D eigenvalue weighted by atomic mass is 10.1. The molecule has 8 nitrogen and oxygen atoms in total. The first-order valence-electron chi connectivity index (χ1n) is 12.1. The number of rotatable bonds is 11. The van der Waals surface area contributed by atoms with E-state index in [0.29, 0.717) is 35.8 Å². The van der Waals surface area contributed by atoms with Gasteiger partial charge in [-0.3, -0.25) is 4.79 Å². The summed E-state index contributed by atoms with van der Waals surface area (Å²) in [6, 6.07) is 17.8. The van der Waals surface area contributed by atoms with Gasteiger partial charge in [0.15, 0.2) is 0 Å². The van der Waals surface area contributed by atoms with Crippen LogP contribution in [0.2, 0.25) is 0 Å². The Morgan fingerprint density at radius 3 is 2.00 bits per heavy atom. The Kier molecular flexibility index (Phi) is 8.05. The number of methoxy groups -OCH3 is 2. The minimum Gasteiger partial charge on any atom is -0.497 e. The number of fused-ring (bicyclic) bond motifs is 1. The van der Waals surface area contributed by atoms with Gasteiger partial charge in [0.1, 0.15) is 22.7 Å². The Balaban J connectivity index is 1.77. The monoisotopic (exact) mass is 487 g/mol. The molecule has 4 aromatic rings. The van der Waals surface area contributed by atoms with Crippen molar-refractivity contribution in [2.24, 2.45) is 7.05 Å². The molecule has 0 spiro atoms. The zero-order valence-corrected chi connectivity index (χ0v) is 21.3. The van der Waals surface area contributed by atoms with Gasteiger partial charge in [-0.25, -0.2) is 4.98 Å². The van der Waals surface area contributed by atoms with Gasteiger partial charge in [-0.05, 0) is 47.9 Å². The lowest BCUT2D eigenvalue weighted by molar-refractivity contribution is 0.414. The van der Waals surface area contributed by atoms with E-state index in [0.717, 1.165) is 42.0 Å². The topological polar surface area (TPSA) is 81.5 Å². The summed E-state index contributed by atoms with van der Waals surface area (Å²) in [4.78, 5) is 24.8. The summed E-state index contributed by atoms with van der Waals surface area (Å²) in [5.74, 6) is 2.74. The maximum Gasteiger partial charge on any atom is 0.263 e. The van der Waals surface area contributed by atoms with Crippen LogP contribution >= 0.6 is 0 Å². The maximum atomic E-state index is 13.0. The number of anilines is 2. The molecule has 0 saturated heterocycles. The van der Waals surface area contributed by atoms with Gasteiger partial charge in [-0.2, -0.15) is 4.98 Å². The molecular formula is C28H33N5O3. The van der Waals surface area contributed by atoms with Crippen LogP contribution in [0.5, 0.6) is 11.5 Å². The molecule has 4 rings (SSSR count). The highest BCUT2D eigenvalue weighted by Gasteiger charge is 2.18. The minimum absolute atomic E-state index is 0.116. The summed E-state index contributed by atoms with van der Waals surface area (Å²) < 4.78 is 12.2. The third-order valence-electron chi connectivity index (χ3n) is 6.09. The van der Waals surface area contributed by atoms with Crippen LogP contribution in [0.3, 0.4) is 0 Å². The summed E-state index contributed by atoms with van der Waals surface area (Å²) in [6.07, 6.45) is 3.77. The van der Waals surface area contributed by atoms with Crippen molar-refractivity contribution in [2.45, 2.75) is 32.9 Å². The fourth-order valence-corrected chi connectivity index (χ4v) is 3.98. The Morgan fingerprint density at radius 2 is 1.47 bits per heavy atom. The van der Waals surface area contributed by atoms with Crippen LogP contribution in [0, 0.1) is 0 Å². The molecule has 1 N–H and O–H groups in total. The average molecular weight is 488 g/mol. The number of pyridine rings is 1. The number of aromatic nitrogens is 3. The number of nitrogens with one attached hydrogen (secondary N) is 1.